The van der Waals surface area contributed by atoms with Gasteiger partial charge in [-0.15, -0.1) is 22.7 Å². The van der Waals surface area contributed by atoms with E-state index >= 15 is 0 Å². The zero-order valence-electron chi connectivity index (χ0n) is 21.5. The molecule has 0 fully saturated rings. The fourth-order valence-corrected chi connectivity index (χ4v) is 3.89. The Labute approximate surface area is 227 Å². The van der Waals surface area contributed by atoms with Crippen LogP contribution < -0.4 is 10.6 Å². The smallest absolute Gasteiger partial charge is 0.408 e. The number of carbonyl (C=O) groups is 4. The van der Waals surface area contributed by atoms with Crippen LogP contribution in [0.3, 0.4) is 0 Å². The largest absolute Gasteiger partial charge is 0.480 e. The third kappa shape index (κ3) is 17.1. The quantitative estimate of drug-likeness (QED) is 0.411. The Morgan fingerprint density at radius 1 is 0.811 bits per heavy atom. The number of carboxylic acids is 1. The molecule has 10 nitrogen and oxygen atoms in total. The van der Waals surface area contributed by atoms with Gasteiger partial charge in [-0.1, -0.05) is 19.6 Å². The number of ether oxygens (including phenoxy) is 2. The molecule has 0 spiro atoms. The highest BCUT2D eigenvalue weighted by molar-refractivity contribution is 7.10. The molecule has 2 heterocycles. The molecule has 208 valence electrons. The summed E-state index contributed by atoms with van der Waals surface area (Å²) in [7, 11) is 0. The number of rotatable bonds is 8. The molecule has 37 heavy (non-hydrogen) atoms. The van der Waals surface area contributed by atoms with E-state index in [1.807, 2.05) is 35.0 Å². The summed E-state index contributed by atoms with van der Waals surface area (Å²) >= 11 is 3.22. The molecular formula is C25H39N3O7S2. The lowest BCUT2D eigenvalue weighted by atomic mass is 10.2. The second kappa shape index (κ2) is 15.9. The number of carboxylic acid groups (broad SMARTS) is 1. The number of nitrogens with one attached hydrogen (secondary N) is 2. The van der Waals surface area contributed by atoms with Crippen LogP contribution in [0.4, 0.5) is 9.59 Å². The number of nitrogens with zero attached hydrogens (tertiary/aromatic N) is 1. The number of alkyl carbamates (subject to hydrolysis) is 2. The first kappa shape index (κ1) is 33.9. The molecule has 3 amide bonds. The van der Waals surface area contributed by atoms with Crippen LogP contribution in [0.1, 0.15) is 58.7 Å². The zero-order chi connectivity index (χ0) is 27.4. The molecule has 0 radical (unpaired) electrons. The molecule has 0 atom stereocenters. The van der Waals surface area contributed by atoms with Gasteiger partial charge in [-0.25, -0.2) is 9.59 Å². The first-order valence-corrected chi connectivity index (χ1v) is 12.9. The van der Waals surface area contributed by atoms with Crippen molar-refractivity contribution in [2.75, 3.05) is 13.1 Å². The molecule has 0 unspecified atom stereocenters. The molecule has 0 saturated heterocycles. The number of aliphatic carboxylic acids is 1. The minimum Gasteiger partial charge on any atom is -0.480 e. The second-order valence-electron chi connectivity index (χ2n) is 9.51. The molecule has 0 aliphatic heterocycles. The van der Waals surface area contributed by atoms with Gasteiger partial charge in [-0.3, -0.25) is 9.59 Å². The maximum atomic E-state index is 12.5. The van der Waals surface area contributed by atoms with Crippen LogP contribution in [0.15, 0.2) is 35.0 Å². The topological polar surface area (TPSA) is 134 Å². The molecule has 0 aliphatic rings. The van der Waals surface area contributed by atoms with Gasteiger partial charge in [0.05, 0.1) is 13.1 Å². The molecule has 2 aromatic heterocycles. The molecule has 12 heteroatoms. The van der Waals surface area contributed by atoms with Crippen molar-refractivity contribution in [1.82, 2.24) is 15.5 Å². The summed E-state index contributed by atoms with van der Waals surface area (Å²) in [5, 5.41) is 16.8. The molecule has 0 saturated carbocycles. The Morgan fingerprint density at radius 2 is 1.22 bits per heavy atom. The SMILES string of the molecule is C.CC(C)(C)OC(=O)NCC(=O)N(Cc1cccs1)Cc1cccs1.CC(C)(C)OC(=O)NCC(=O)O. The first-order valence-electron chi connectivity index (χ1n) is 11.1. The average molecular weight is 558 g/mol. The minimum atomic E-state index is -1.10. The summed E-state index contributed by atoms with van der Waals surface area (Å²) in [6, 6.07) is 7.93. The van der Waals surface area contributed by atoms with Crippen LogP contribution in [0.5, 0.6) is 0 Å². The summed E-state index contributed by atoms with van der Waals surface area (Å²) in [6.07, 6.45) is -1.30. The van der Waals surface area contributed by atoms with E-state index in [2.05, 4.69) is 10.6 Å². The summed E-state index contributed by atoms with van der Waals surface area (Å²) in [4.78, 5) is 49.0. The number of hydrogen-bond donors (Lipinski definition) is 3. The average Bonchev–Trinajstić information content (AvgIpc) is 3.42. The van der Waals surface area contributed by atoms with Crippen LogP contribution in [0, 0.1) is 0 Å². The van der Waals surface area contributed by atoms with E-state index < -0.39 is 35.9 Å². The highest BCUT2D eigenvalue weighted by atomic mass is 32.1. The van der Waals surface area contributed by atoms with E-state index in [4.69, 9.17) is 14.6 Å². The van der Waals surface area contributed by atoms with E-state index in [0.29, 0.717) is 13.1 Å². The van der Waals surface area contributed by atoms with Crippen molar-refractivity contribution < 1.29 is 33.8 Å². The van der Waals surface area contributed by atoms with Gasteiger partial charge < -0.3 is 30.1 Å². The van der Waals surface area contributed by atoms with E-state index in [9.17, 15) is 19.2 Å². The van der Waals surface area contributed by atoms with Gasteiger partial charge in [0.2, 0.25) is 5.91 Å². The molecule has 3 N–H and O–H groups in total. The van der Waals surface area contributed by atoms with Crippen LogP contribution in [-0.4, -0.2) is 58.4 Å². The van der Waals surface area contributed by atoms with Crippen LogP contribution in [0.2, 0.25) is 0 Å². The second-order valence-corrected chi connectivity index (χ2v) is 11.6. The molecule has 2 rings (SSSR count). The summed E-state index contributed by atoms with van der Waals surface area (Å²) in [5.74, 6) is -1.23. The minimum absolute atomic E-state index is 0. The predicted molar refractivity (Wildman–Crippen MR) is 146 cm³/mol. The van der Waals surface area contributed by atoms with Crippen LogP contribution >= 0.6 is 22.7 Å². The van der Waals surface area contributed by atoms with Gasteiger partial charge in [0.25, 0.3) is 0 Å². The van der Waals surface area contributed by atoms with Crippen molar-refractivity contribution in [2.45, 2.75) is 73.3 Å². The number of thiophene rings is 2. The molecule has 0 bridgehead atoms. The Bertz CT molecular complexity index is 927. The van der Waals surface area contributed by atoms with E-state index in [1.165, 1.54) is 0 Å². The van der Waals surface area contributed by atoms with Gasteiger partial charge in [-0.05, 0) is 64.4 Å². The Kier molecular flexibility index (Phi) is 14.5. The third-order valence-electron chi connectivity index (χ3n) is 3.77. The van der Waals surface area contributed by atoms with Crippen molar-refractivity contribution in [3.8, 4) is 0 Å². The van der Waals surface area contributed by atoms with Gasteiger partial charge in [-0.2, -0.15) is 0 Å². The fourth-order valence-electron chi connectivity index (χ4n) is 2.45. The monoisotopic (exact) mass is 557 g/mol. The van der Waals surface area contributed by atoms with Gasteiger partial charge in [0.1, 0.15) is 24.3 Å². The summed E-state index contributed by atoms with van der Waals surface area (Å²) < 4.78 is 9.94. The lowest BCUT2D eigenvalue weighted by Gasteiger charge is -2.23. The summed E-state index contributed by atoms with van der Waals surface area (Å²) in [6.45, 7) is 11.0. The molecule has 0 aromatic carbocycles. The maximum Gasteiger partial charge on any atom is 0.408 e. The van der Waals surface area contributed by atoms with Crippen LogP contribution in [-0.2, 0) is 32.2 Å². The van der Waals surface area contributed by atoms with Crippen molar-refractivity contribution in [2.24, 2.45) is 0 Å². The standard InChI is InChI=1S/C17H22N2O3S2.C7H13NO4.CH4/c1-17(2,3)22-16(21)18-10-15(20)19(11-13-6-4-8-23-13)12-14-7-5-9-24-14;1-7(2,3)12-6(11)8-4-5(9)10;/h4-9H,10-12H2,1-3H3,(H,18,21);4H2,1-3H3,(H,8,11)(H,9,10);1H4. The number of carbonyl (C=O) groups excluding carboxylic acids is 3. The van der Waals surface area contributed by atoms with Crippen molar-refractivity contribution in [1.29, 1.82) is 0 Å². The lowest BCUT2D eigenvalue weighted by molar-refractivity contribution is -0.136. The Hall–Kier alpha value is -3.12. The normalized spacial score (nSPS) is 10.6. The maximum absolute atomic E-state index is 12.5. The Balaban J connectivity index is 0.000000851. The predicted octanol–water partition coefficient (Wildman–Crippen LogP) is 5.09. The fraction of sp³-hybridized carbons (Fsp3) is 0.520. The van der Waals surface area contributed by atoms with E-state index in [-0.39, 0.29) is 19.9 Å². The highest BCUT2D eigenvalue weighted by Crippen LogP contribution is 2.17. The van der Waals surface area contributed by atoms with Crippen LogP contribution in [0.25, 0.3) is 0 Å². The van der Waals surface area contributed by atoms with Crippen molar-refractivity contribution >= 4 is 46.7 Å². The lowest BCUT2D eigenvalue weighted by Crippen LogP contribution is -2.41. The first-order chi connectivity index (χ1) is 16.6. The van der Waals surface area contributed by atoms with E-state index in [1.54, 1.807) is 69.1 Å². The van der Waals surface area contributed by atoms with Gasteiger partial charge in [0.15, 0.2) is 0 Å². The van der Waals surface area contributed by atoms with E-state index in [0.717, 1.165) is 9.75 Å². The van der Waals surface area contributed by atoms with Gasteiger partial charge >= 0.3 is 18.2 Å². The number of hydrogen-bond acceptors (Lipinski definition) is 8. The highest BCUT2D eigenvalue weighted by Gasteiger charge is 2.20. The Morgan fingerprint density at radius 3 is 1.54 bits per heavy atom. The van der Waals surface area contributed by atoms with Crippen molar-refractivity contribution in [3.05, 3.63) is 44.8 Å². The van der Waals surface area contributed by atoms with Gasteiger partial charge in [0, 0.05) is 9.75 Å². The number of amides is 3. The van der Waals surface area contributed by atoms with Crippen molar-refractivity contribution in [3.63, 3.8) is 0 Å². The molecular weight excluding hydrogens is 518 g/mol. The molecule has 0 aliphatic carbocycles. The third-order valence-corrected chi connectivity index (χ3v) is 5.49. The molecule has 2 aromatic rings. The zero-order valence-corrected chi connectivity index (χ0v) is 23.1. The summed E-state index contributed by atoms with van der Waals surface area (Å²) in [5.41, 5.74) is -1.18.